The van der Waals surface area contributed by atoms with Gasteiger partial charge < -0.3 is 0 Å². The van der Waals surface area contributed by atoms with Gasteiger partial charge in [0.2, 0.25) is 0 Å². The van der Waals surface area contributed by atoms with E-state index in [1.165, 1.54) is 63.4 Å². The Morgan fingerprint density at radius 3 is 2.48 bits per heavy atom. The second-order valence-corrected chi connectivity index (χ2v) is 7.03. The lowest BCUT2D eigenvalue weighted by Gasteiger charge is -2.28. The van der Waals surface area contributed by atoms with Crippen molar-refractivity contribution in [2.45, 2.75) is 77.0 Å². The van der Waals surface area contributed by atoms with Crippen molar-refractivity contribution in [2.75, 3.05) is 0 Å². The van der Waals surface area contributed by atoms with Gasteiger partial charge >= 0.3 is 0 Å². The van der Waals surface area contributed by atoms with E-state index in [1.54, 1.807) is 11.6 Å². The summed E-state index contributed by atoms with van der Waals surface area (Å²) in [6, 6.07) is 11.5. The fourth-order valence-electron chi connectivity index (χ4n) is 3.79. The number of aryl methyl sites for hydroxylation is 1. The van der Waals surface area contributed by atoms with Crippen molar-refractivity contribution in [1.29, 1.82) is 5.26 Å². The third-order valence-corrected chi connectivity index (χ3v) is 5.30. The molecule has 0 spiro atoms. The van der Waals surface area contributed by atoms with Crippen LogP contribution in [0.1, 0.15) is 81.8 Å². The lowest BCUT2D eigenvalue weighted by Crippen LogP contribution is -2.13. The van der Waals surface area contributed by atoms with Gasteiger partial charge in [-0.05, 0) is 74.3 Å². The molecule has 0 saturated heterocycles. The minimum atomic E-state index is 0.769. The quantitative estimate of drug-likeness (QED) is 0.394. The van der Waals surface area contributed by atoms with Gasteiger partial charge in [0, 0.05) is 6.08 Å². The van der Waals surface area contributed by atoms with Crippen molar-refractivity contribution in [3.05, 3.63) is 47.5 Å². The zero-order chi connectivity index (χ0) is 16.3. The average Bonchev–Trinajstić information content (AvgIpc) is 2.60. The molecule has 0 radical (unpaired) electrons. The predicted molar refractivity (Wildman–Crippen MR) is 98.4 cm³/mol. The summed E-state index contributed by atoms with van der Waals surface area (Å²) in [7, 11) is 0. The van der Waals surface area contributed by atoms with Crippen LogP contribution in [0.15, 0.2) is 36.4 Å². The fraction of sp³-hybridized carbons (Fsp3) is 0.591. The Morgan fingerprint density at radius 1 is 1.09 bits per heavy atom. The first-order chi connectivity index (χ1) is 11.3. The second kappa shape index (κ2) is 10.3. The van der Waals surface area contributed by atoms with Crippen molar-refractivity contribution in [1.82, 2.24) is 0 Å². The highest BCUT2D eigenvalue weighted by Gasteiger charge is 2.21. The smallest absolute Gasteiger partial charge is 0.0908 e. The highest BCUT2D eigenvalue weighted by Crippen LogP contribution is 2.37. The molecule has 0 unspecified atom stereocenters. The molecule has 23 heavy (non-hydrogen) atoms. The number of nitriles is 1. The first-order valence-electron chi connectivity index (χ1n) is 9.47. The third-order valence-electron chi connectivity index (χ3n) is 5.30. The molecule has 1 fully saturated rings. The molecule has 0 bridgehead atoms. The Morgan fingerprint density at radius 2 is 1.83 bits per heavy atom. The minimum absolute atomic E-state index is 0.769. The molecule has 0 N–H and O–H groups in total. The molecule has 1 saturated carbocycles. The van der Waals surface area contributed by atoms with Crippen LogP contribution in [0.3, 0.4) is 0 Å². The van der Waals surface area contributed by atoms with Crippen LogP contribution in [0.2, 0.25) is 0 Å². The molecule has 0 aliphatic heterocycles. The largest absolute Gasteiger partial charge is 0.193 e. The molecule has 0 aromatic heterocycles. The Bertz CT molecular complexity index is 498. The number of hydrogen-bond acceptors (Lipinski definition) is 1. The number of rotatable bonds is 8. The maximum absolute atomic E-state index is 8.51. The van der Waals surface area contributed by atoms with E-state index in [0.717, 1.165) is 18.3 Å². The molecule has 1 aromatic rings. The summed E-state index contributed by atoms with van der Waals surface area (Å²) >= 11 is 0. The molecule has 124 valence electrons. The van der Waals surface area contributed by atoms with E-state index in [2.05, 4.69) is 37.3 Å². The lowest BCUT2D eigenvalue weighted by atomic mass is 9.77. The summed E-state index contributed by atoms with van der Waals surface area (Å²) in [5.74, 6) is 1.63. The third kappa shape index (κ3) is 6.22. The van der Waals surface area contributed by atoms with Crippen molar-refractivity contribution in [3.63, 3.8) is 0 Å². The van der Waals surface area contributed by atoms with Crippen LogP contribution in [0.4, 0.5) is 0 Å². The number of nitrogens with zero attached hydrogens (tertiary/aromatic N) is 1. The first kappa shape index (κ1) is 17.8. The molecule has 2 rings (SSSR count). The van der Waals surface area contributed by atoms with Gasteiger partial charge in [0.1, 0.15) is 0 Å². The van der Waals surface area contributed by atoms with Crippen LogP contribution < -0.4 is 0 Å². The fourth-order valence-corrected chi connectivity index (χ4v) is 3.79. The van der Waals surface area contributed by atoms with Gasteiger partial charge in [-0.25, -0.2) is 0 Å². The van der Waals surface area contributed by atoms with Gasteiger partial charge in [0.15, 0.2) is 0 Å². The molecular formula is C22H31N. The average molecular weight is 309 g/mol. The summed E-state index contributed by atoms with van der Waals surface area (Å²) < 4.78 is 0. The van der Waals surface area contributed by atoms with Crippen molar-refractivity contribution in [2.24, 2.45) is 5.92 Å². The Kier molecular flexibility index (Phi) is 7.95. The summed E-state index contributed by atoms with van der Waals surface area (Å²) in [5, 5.41) is 8.51. The van der Waals surface area contributed by atoms with E-state index >= 15 is 0 Å². The molecular weight excluding hydrogens is 278 g/mol. The van der Waals surface area contributed by atoms with Crippen molar-refractivity contribution >= 4 is 0 Å². The van der Waals surface area contributed by atoms with Gasteiger partial charge in [0.25, 0.3) is 0 Å². The predicted octanol–water partition coefficient (Wildman–Crippen LogP) is 6.55. The topological polar surface area (TPSA) is 23.8 Å². The van der Waals surface area contributed by atoms with Gasteiger partial charge in [-0.3, -0.25) is 0 Å². The zero-order valence-corrected chi connectivity index (χ0v) is 14.6. The van der Waals surface area contributed by atoms with Crippen LogP contribution in [0, 0.1) is 17.2 Å². The molecule has 0 atom stereocenters. The second-order valence-electron chi connectivity index (χ2n) is 7.03. The summed E-state index contributed by atoms with van der Waals surface area (Å²) in [4.78, 5) is 0. The molecule has 0 heterocycles. The van der Waals surface area contributed by atoms with E-state index in [0.29, 0.717) is 0 Å². The summed E-state index contributed by atoms with van der Waals surface area (Å²) in [6.45, 7) is 2.26. The van der Waals surface area contributed by atoms with Gasteiger partial charge in [-0.2, -0.15) is 5.26 Å². The molecule has 0 amide bonds. The number of hydrogen-bond donors (Lipinski definition) is 0. The lowest BCUT2D eigenvalue weighted by molar-refractivity contribution is 0.312. The van der Waals surface area contributed by atoms with Gasteiger partial charge in [-0.15, -0.1) is 0 Å². The van der Waals surface area contributed by atoms with Crippen molar-refractivity contribution < 1.29 is 0 Å². The Balaban J connectivity index is 1.74. The summed E-state index contributed by atoms with van der Waals surface area (Å²) in [6.07, 6.45) is 16.5. The van der Waals surface area contributed by atoms with E-state index in [9.17, 15) is 0 Å². The molecule has 1 aromatic carbocycles. The first-order valence-corrected chi connectivity index (χ1v) is 9.47. The maximum atomic E-state index is 8.51. The SMILES string of the molecule is CCCCCc1ccc([C@H]2CC[C@H](CC/C=C/C#N)CC2)cc1. The highest BCUT2D eigenvalue weighted by atomic mass is 14.3. The molecule has 1 nitrogen and oxygen atoms in total. The van der Waals surface area contributed by atoms with E-state index in [1.807, 2.05) is 6.08 Å². The minimum Gasteiger partial charge on any atom is -0.193 e. The monoisotopic (exact) mass is 309 g/mol. The Labute approximate surface area is 142 Å². The van der Waals surface area contributed by atoms with Crippen LogP contribution in [0.25, 0.3) is 0 Å². The van der Waals surface area contributed by atoms with E-state index < -0.39 is 0 Å². The van der Waals surface area contributed by atoms with Crippen LogP contribution in [-0.2, 0) is 6.42 Å². The van der Waals surface area contributed by atoms with E-state index in [-0.39, 0.29) is 0 Å². The standard InChI is InChI=1S/C22H31N/c1-2-3-5-8-19-10-14-21(15-11-19)22-16-12-20(13-17-22)9-6-4-7-18-23/h4,7,10-11,14-15,20,22H,2-3,5-6,8-9,12-13,16-17H2,1H3/b7-4+/t20-,22-. The molecule has 1 aliphatic carbocycles. The number of benzene rings is 1. The molecule has 1 heteroatoms. The van der Waals surface area contributed by atoms with Crippen LogP contribution in [-0.4, -0.2) is 0 Å². The maximum Gasteiger partial charge on any atom is 0.0908 e. The van der Waals surface area contributed by atoms with Gasteiger partial charge in [-0.1, -0.05) is 50.1 Å². The van der Waals surface area contributed by atoms with Gasteiger partial charge in [0.05, 0.1) is 6.07 Å². The normalized spacial score (nSPS) is 21.4. The van der Waals surface area contributed by atoms with Crippen LogP contribution >= 0.6 is 0 Å². The zero-order valence-electron chi connectivity index (χ0n) is 14.6. The van der Waals surface area contributed by atoms with Crippen molar-refractivity contribution in [3.8, 4) is 6.07 Å². The Hall–Kier alpha value is -1.55. The van der Waals surface area contributed by atoms with E-state index in [4.69, 9.17) is 5.26 Å². The highest BCUT2D eigenvalue weighted by molar-refractivity contribution is 5.26. The molecule has 1 aliphatic rings. The summed E-state index contributed by atoms with van der Waals surface area (Å²) in [5.41, 5.74) is 3.05. The number of allylic oxidation sites excluding steroid dienone is 2. The van der Waals surface area contributed by atoms with Crippen LogP contribution in [0.5, 0.6) is 0 Å². The number of unbranched alkanes of at least 4 members (excludes halogenated alkanes) is 2.